The van der Waals surface area contributed by atoms with E-state index in [9.17, 15) is 0 Å². The van der Waals surface area contributed by atoms with E-state index in [0.717, 1.165) is 28.2 Å². The molecule has 0 fully saturated rings. The van der Waals surface area contributed by atoms with E-state index < -0.39 is 0 Å². The molecule has 1 heterocycles. The van der Waals surface area contributed by atoms with E-state index in [0.29, 0.717) is 6.04 Å². The largest absolute Gasteiger partial charge is 0.496 e. The number of nitrogens with zero attached hydrogens (tertiary/aromatic N) is 1. The molecular formula is C11H13BrN2O. The molecule has 0 aromatic heterocycles. The number of methoxy groups -OCH3 is 1. The van der Waals surface area contributed by atoms with Crippen LogP contribution in [0.15, 0.2) is 27.7 Å². The molecule has 0 saturated carbocycles. The van der Waals surface area contributed by atoms with Crippen molar-refractivity contribution in [1.82, 2.24) is 5.32 Å². The van der Waals surface area contributed by atoms with Crippen molar-refractivity contribution >= 4 is 21.8 Å². The van der Waals surface area contributed by atoms with Gasteiger partial charge in [0.15, 0.2) is 0 Å². The number of hydrogen-bond donors (Lipinski definition) is 1. The minimum atomic E-state index is 0.400. The van der Waals surface area contributed by atoms with Gasteiger partial charge in [-0.3, -0.25) is 4.99 Å². The van der Waals surface area contributed by atoms with Crippen LogP contribution in [0, 0.1) is 0 Å². The maximum atomic E-state index is 5.32. The van der Waals surface area contributed by atoms with Crippen LogP contribution in [0.4, 0.5) is 0 Å². The summed E-state index contributed by atoms with van der Waals surface area (Å²) in [7, 11) is 1.67. The molecule has 4 heteroatoms. The Morgan fingerprint density at radius 1 is 1.53 bits per heavy atom. The average molecular weight is 269 g/mol. The van der Waals surface area contributed by atoms with Crippen molar-refractivity contribution in [3.63, 3.8) is 0 Å². The second kappa shape index (κ2) is 4.23. The lowest BCUT2D eigenvalue weighted by Crippen LogP contribution is -2.28. The highest BCUT2D eigenvalue weighted by Crippen LogP contribution is 2.27. The Hall–Kier alpha value is -1.03. The van der Waals surface area contributed by atoms with Crippen LogP contribution < -0.4 is 10.1 Å². The highest BCUT2D eigenvalue weighted by molar-refractivity contribution is 9.10. The van der Waals surface area contributed by atoms with Gasteiger partial charge in [-0.2, -0.15) is 0 Å². The van der Waals surface area contributed by atoms with Gasteiger partial charge in [0.1, 0.15) is 11.6 Å². The zero-order chi connectivity index (χ0) is 10.8. The molecule has 1 atom stereocenters. The minimum Gasteiger partial charge on any atom is -0.496 e. The maximum Gasteiger partial charge on any atom is 0.133 e. The Kier molecular flexibility index (Phi) is 2.95. The Morgan fingerprint density at radius 3 is 2.93 bits per heavy atom. The first-order valence-electron chi connectivity index (χ1n) is 4.86. The maximum absolute atomic E-state index is 5.32. The summed E-state index contributed by atoms with van der Waals surface area (Å²) in [6.45, 7) is 2.93. The van der Waals surface area contributed by atoms with Gasteiger partial charge in [0.25, 0.3) is 0 Å². The number of nitrogens with one attached hydrogen (secondary N) is 1. The molecule has 0 spiro atoms. The normalized spacial score (nSPS) is 19.7. The summed E-state index contributed by atoms with van der Waals surface area (Å²) in [6, 6.07) is 6.28. The van der Waals surface area contributed by atoms with E-state index in [-0.39, 0.29) is 0 Å². The van der Waals surface area contributed by atoms with Crippen molar-refractivity contribution in [3.05, 3.63) is 28.2 Å². The zero-order valence-corrected chi connectivity index (χ0v) is 10.3. The van der Waals surface area contributed by atoms with E-state index in [1.54, 1.807) is 7.11 Å². The molecule has 1 aromatic rings. The topological polar surface area (TPSA) is 33.6 Å². The molecule has 0 bridgehead atoms. The van der Waals surface area contributed by atoms with Gasteiger partial charge in [-0.1, -0.05) is 6.07 Å². The van der Waals surface area contributed by atoms with Crippen molar-refractivity contribution in [3.8, 4) is 5.75 Å². The van der Waals surface area contributed by atoms with Gasteiger partial charge in [0, 0.05) is 10.5 Å². The summed E-state index contributed by atoms with van der Waals surface area (Å²) in [5.41, 5.74) is 1.00. The Morgan fingerprint density at radius 2 is 2.33 bits per heavy atom. The van der Waals surface area contributed by atoms with E-state index in [1.807, 2.05) is 18.2 Å². The van der Waals surface area contributed by atoms with Gasteiger partial charge in [0.05, 0.1) is 19.2 Å². The number of ether oxygens (including phenoxy) is 1. The van der Waals surface area contributed by atoms with Crippen LogP contribution in [0.5, 0.6) is 5.75 Å². The van der Waals surface area contributed by atoms with Crippen LogP contribution in [-0.4, -0.2) is 25.5 Å². The summed E-state index contributed by atoms with van der Waals surface area (Å²) < 4.78 is 6.33. The Balaban J connectivity index is 2.43. The van der Waals surface area contributed by atoms with Crippen molar-refractivity contribution in [2.45, 2.75) is 13.0 Å². The van der Waals surface area contributed by atoms with Crippen LogP contribution in [0.25, 0.3) is 0 Å². The molecule has 15 heavy (non-hydrogen) atoms. The molecule has 0 aliphatic carbocycles. The highest BCUT2D eigenvalue weighted by atomic mass is 79.9. The second-order valence-electron chi connectivity index (χ2n) is 3.55. The van der Waals surface area contributed by atoms with Crippen LogP contribution in [0.3, 0.4) is 0 Å². The molecule has 1 aliphatic rings. The van der Waals surface area contributed by atoms with Crippen molar-refractivity contribution < 1.29 is 4.74 Å². The number of benzene rings is 1. The van der Waals surface area contributed by atoms with Gasteiger partial charge >= 0.3 is 0 Å². The molecule has 0 radical (unpaired) electrons. The number of halogens is 1. The summed E-state index contributed by atoms with van der Waals surface area (Å²) >= 11 is 3.52. The third-order valence-corrected chi connectivity index (χ3v) is 3.00. The average Bonchev–Trinajstić information content (AvgIpc) is 2.64. The number of hydrogen-bond acceptors (Lipinski definition) is 3. The lowest BCUT2D eigenvalue weighted by molar-refractivity contribution is 0.413. The molecule has 80 valence electrons. The fourth-order valence-electron chi connectivity index (χ4n) is 1.61. The van der Waals surface area contributed by atoms with Crippen molar-refractivity contribution in [1.29, 1.82) is 0 Å². The van der Waals surface area contributed by atoms with E-state index in [2.05, 4.69) is 33.2 Å². The molecular weight excluding hydrogens is 256 g/mol. The predicted octanol–water partition coefficient (Wildman–Crippen LogP) is 2.20. The first-order valence-corrected chi connectivity index (χ1v) is 5.65. The molecule has 0 amide bonds. The van der Waals surface area contributed by atoms with E-state index in [1.165, 1.54) is 0 Å². The monoisotopic (exact) mass is 268 g/mol. The molecule has 2 rings (SSSR count). The van der Waals surface area contributed by atoms with Crippen molar-refractivity contribution in [2.75, 3.05) is 13.7 Å². The Labute approximate surface area is 97.7 Å². The number of amidine groups is 1. The molecule has 1 aromatic carbocycles. The van der Waals surface area contributed by atoms with Crippen LogP contribution >= 0.6 is 15.9 Å². The lowest BCUT2D eigenvalue weighted by Gasteiger charge is -2.12. The third-order valence-electron chi connectivity index (χ3n) is 2.34. The number of rotatable bonds is 2. The van der Waals surface area contributed by atoms with Gasteiger partial charge in [0.2, 0.25) is 0 Å². The standard InChI is InChI=1S/C11H13BrN2O/c1-7-6-13-11(14-7)10-8(12)4-3-5-9(10)15-2/h3-5,7H,6H2,1-2H3,(H,13,14). The predicted molar refractivity (Wildman–Crippen MR) is 64.7 cm³/mol. The van der Waals surface area contributed by atoms with Gasteiger partial charge in [-0.15, -0.1) is 0 Å². The SMILES string of the molecule is COc1cccc(Br)c1C1=NCC(C)N1. The van der Waals surface area contributed by atoms with Crippen molar-refractivity contribution in [2.24, 2.45) is 4.99 Å². The molecule has 1 unspecified atom stereocenters. The van der Waals surface area contributed by atoms with Crippen LogP contribution in [0.2, 0.25) is 0 Å². The van der Waals surface area contributed by atoms with Crippen LogP contribution in [0.1, 0.15) is 12.5 Å². The zero-order valence-electron chi connectivity index (χ0n) is 8.75. The molecule has 0 saturated heterocycles. The first kappa shape index (κ1) is 10.5. The quantitative estimate of drug-likeness (QED) is 0.893. The van der Waals surface area contributed by atoms with E-state index in [4.69, 9.17) is 4.74 Å². The fraction of sp³-hybridized carbons (Fsp3) is 0.364. The summed E-state index contributed by atoms with van der Waals surface area (Å²) in [5, 5.41) is 3.33. The van der Waals surface area contributed by atoms with Gasteiger partial charge in [-0.05, 0) is 35.0 Å². The van der Waals surface area contributed by atoms with Crippen LogP contribution in [-0.2, 0) is 0 Å². The third kappa shape index (κ3) is 2.00. The fourth-order valence-corrected chi connectivity index (χ4v) is 2.14. The first-order chi connectivity index (χ1) is 7.22. The van der Waals surface area contributed by atoms with Gasteiger partial charge < -0.3 is 10.1 Å². The Bertz CT molecular complexity index is 404. The van der Waals surface area contributed by atoms with E-state index >= 15 is 0 Å². The van der Waals surface area contributed by atoms with Gasteiger partial charge in [-0.25, -0.2) is 0 Å². The number of aliphatic imine (C=N–C) groups is 1. The molecule has 1 N–H and O–H groups in total. The molecule has 3 nitrogen and oxygen atoms in total. The molecule has 1 aliphatic heterocycles. The highest BCUT2D eigenvalue weighted by Gasteiger charge is 2.19. The smallest absolute Gasteiger partial charge is 0.133 e. The second-order valence-corrected chi connectivity index (χ2v) is 4.41. The lowest BCUT2D eigenvalue weighted by atomic mass is 10.2. The summed E-state index contributed by atoms with van der Waals surface area (Å²) in [4.78, 5) is 4.45. The summed E-state index contributed by atoms with van der Waals surface area (Å²) in [5.74, 6) is 1.75. The minimum absolute atomic E-state index is 0.400. The summed E-state index contributed by atoms with van der Waals surface area (Å²) in [6.07, 6.45) is 0.